The van der Waals surface area contributed by atoms with Crippen molar-refractivity contribution in [3.8, 4) is 29.4 Å². The molecule has 0 unspecified atom stereocenters. The highest BCUT2D eigenvalue weighted by Gasteiger charge is 2.21. The maximum atomic E-state index is 11.0. The van der Waals surface area contributed by atoms with E-state index in [2.05, 4.69) is 36.7 Å². The highest BCUT2D eigenvalue weighted by Crippen LogP contribution is 2.31. The smallest absolute Gasteiger partial charge is 0.407 e. The van der Waals surface area contributed by atoms with Crippen LogP contribution in [-0.4, -0.2) is 34.2 Å². The Balaban J connectivity index is 1.46. The number of nitrogens with zero attached hydrogens (tertiary/aromatic N) is 3. The fourth-order valence-corrected chi connectivity index (χ4v) is 4.00. The van der Waals surface area contributed by atoms with Gasteiger partial charge in [0.05, 0.1) is 11.6 Å². The van der Waals surface area contributed by atoms with Gasteiger partial charge in [-0.25, -0.2) is 9.78 Å². The van der Waals surface area contributed by atoms with Gasteiger partial charge in [-0.1, -0.05) is 25.7 Å². The first-order valence-corrected chi connectivity index (χ1v) is 10.9. The Morgan fingerprint density at radius 1 is 1.22 bits per heavy atom. The molecule has 1 fully saturated rings. The van der Waals surface area contributed by atoms with Gasteiger partial charge < -0.3 is 14.4 Å². The molecule has 0 spiro atoms. The topological polar surface area (TPSA) is 90.4 Å². The molecule has 4 rings (SSSR count). The average Bonchev–Trinajstić information content (AvgIpc) is 3.23. The molecule has 6 heteroatoms. The fraction of sp³-hybridized carbons (Fsp3) is 0.346. The molecule has 3 aromatic rings. The molecule has 0 atom stereocenters. The van der Waals surface area contributed by atoms with E-state index in [0.29, 0.717) is 36.0 Å². The van der Waals surface area contributed by atoms with Crippen LogP contribution < -0.4 is 0 Å². The van der Waals surface area contributed by atoms with Gasteiger partial charge >= 0.3 is 6.09 Å². The number of amides is 1. The zero-order chi connectivity index (χ0) is 22.7. The Kier molecular flexibility index (Phi) is 6.14. The maximum absolute atomic E-state index is 11.0. The summed E-state index contributed by atoms with van der Waals surface area (Å²) in [5.74, 6) is 7.65. The second kappa shape index (κ2) is 9.16. The first-order valence-electron chi connectivity index (χ1n) is 10.9. The van der Waals surface area contributed by atoms with Crippen molar-refractivity contribution in [2.24, 2.45) is 5.92 Å². The van der Waals surface area contributed by atoms with E-state index in [9.17, 15) is 10.1 Å². The molecule has 1 N–H and O–H groups in total. The summed E-state index contributed by atoms with van der Waals surface area (Å²) in [7, 11) is 0. The van der Waals surface area contributed by atoms with Crippen LogP contribution in [0.15, 0.2) is 40.8 Å². The molecule has 0 bridgehead atoms. The van der Waals surface area contributed by atoms with E-state index >= 15 is 0 Å². The second-order valence-corrected chi connectivity index (χ2v) is 8.50. The lowest BCUT2D eigenvalue weighted by molar-refractivity contribution is 0.125. The van der Waals surface area contributed by atoms with Crippen molar-refractivity contribution in [3.63, 3.8) is 0 Å². The van der Waals surface area contributed by atoms with Crippen molar-refractivity contribution in [2.75, 3.05) is 13.1 Å². The minimum Gasteiger partial charge on any atom is -0.465 e. The summed E-state index contributed by atoms with van der Waals surface area (Å²) < 4.78 is 6.07. The number of hydrogen-bond donors (Lipinski definition) is 1. The van der Waals surface area contributed by atoms with Gasteiger partial charge in [-0.2, -0.15) is 5.26 Å². The first-order chi connectivity index (χ1) is 15.4. The maximum Gasteiger partial charge on any atom is 0.407 e. The van der Waals surface area contributed by atoms with E-state index in [-0.39, 0.29) is 5.92 Å². The number of rotatable bonds is 3. The number of carboxylic acid groups (broad SMARTS) is 1. The third-order valence-electron chi connectivity index (χ3n) is 5.91. The number of likely N-dealkylation sites (tertiary alicyclic amines) is 1. The van der Waals surface area contributed by atoms with Crippen molar-refractivity contribution in [3.05, 3.63) is 53.1 Å². The van der Waals surface area contributed by atoms with Gasteiger partial charge in [0.2, 0.25) is 5.89 Å². The number of aromatic nitrogens is 1. The molecule has 2 heterocycles. The van der Waals surface area contributed by atoms with Gasteiger partial charge in [0.25, 0.3) is 0 Å². The molecule has 162 valence electrons. The van der Waals surface area contributed by atoms with Gasteiger partial charge in [0.1, 0.15) is 5.52 Å². The zero-order valence-electron chi connectivity index (χ0n) is 18.3. The van der Waals surface area contributed by atoms with Gasteiger partial charge in [0, 0.05) is 36.2 Å². The molecule has 1 aromatic heterocycles. The molecule has 0 radical (unpaired) electrons. The third kappa shape index (κ3) is 4.60. The summed E-state index contributed by atoms with van der Waals surface area (Å²) in [6.45, 7) is 5.33. The van der Waals surface area contributed by atoms with Crippen LogP contribution in [0.25, 0.3) is 22.6 Å². The van der Waals surface area contributed by atoms with Crippen LogP contribution in [0.4, 0.5) is 4.79 Å². The summed E-state index contributed by atoms with van der Waals surface area (Å²) in [4.78, 5) is 17.1. The van der Waals surface area contributed by atoms with Crippen LogP contribution in [0.1, 0.15) is 55.7 Å². The summed E-state index contributed by atoms with van der Waals surface area (Å²) >= 11 is 0. The van der Waals surface area contributed by atoms with Gasteiger partial charge in [0.15, 0.2) is 5.58 Å². The number of oxazole rings is 1. The van der Waals surface area contributed by atoms with Crippen LogP contribution in [0, 0.1) is 29.1 Å². The molecular formula is C26H25N3O3. The minimum absolute atomic E-state index is 0.223. The van der Waals surface area contributed by atoms with Gasteiger partial charge in [-0.15, -0.1) is 0 Å². The molecular weight excluding hydrogens is 402 g/mol. The summed E-state index contributed by atoms with van der Waals surface area (Å²) in [6, 6.07) is 13.6. The minimum atomic E-state index is -0.834. The Morgan fingerprint density at radius 3 is 2.56 bits per heavy atom. The number of fused-ring (bicyclic) bond motifs is 1. The lowest BCUT2D eigenvalue weighted by Gasteiger charge is -2.28. The normalized spacial score (nSPS) is 14.2. The quantitative estimate of drug-likeness (QED) is 0.548. The Morgan fingerprint density at radius 2 is 1.94 bits per heavy atom. The van der Waals surface area contributed by atoms with Gasteiger partial charge in [-0.05, 0) is 61.1 Å². The number of nitriles is 1. The molecule has 1 aliphatic rings. The Hall–Kier alpha value is -3.77. The molecule has 1 saturated heterocycles. The number of carbonyl (C=O) groups is 1. The Labute approximate surface area is 187 Å². The summed E-state index contributed by atoms with van der Waals surface area (Å²) in [5, 5.41) is 18.3. The lowest BCUT2D eigenvalue weighted by atomic mass is 9.94. The molecule has 32 heavy (non-hydrogen) atoms. The standard InChI is InChI=1S/C26H25N3O3/c1-17(2)22-14-20(16-27)15-23-24(22)32-25(28-23)21-8-6-18(7-9-21)4-3-5-19-10-12-29(13-11-19)26(30)31/h6-9,14-15,17,19H,5,10-13H2,1-2H3,(H,30,31). The number of hydrogen-bond acceptors (Lipinski definition) is 4. The predicted octanol–water partition coefficient (Wildman–Crippen LogP) is 5.62. The molecule has 1 aliphatic heterocycles. The van der Waals surface area contributed by atoms with E-state index in [1.165, 1.54) is 4.90 Å². The lowest BCUT2D eigenvalue weighted by Crippen LogP contribution is -2.37. The highest BCUT2D eigenvalue weighted by atomic mass is 16.4. The van der Waals surface area contributed by atoms with E-state index in [4.69, 9.17) is 9.52 Å². The summed E-state index contributed by atoms with van der Waals surface area (Å²) in [6.07, 6.45) is 1.67. The van der Waals surface area contributed by atoms with E-state index < -0.39 is 6.09 Å². The van der Waals surface area contributed by atoms with E-state index in [0.717, 1.165) is 41.5 Å². The molecule has 6 nitrogen and oxygen atoms in total. The second-order valence-electron chi connectivity index (χ2n) is 8.50. The molecule has 0 saturated carbocycles. The zero-order valence-corrected chi connectivity index (χ0v) is 18.3. The number of piperidine rings is 1. The molecule has 1 amide bonds. The highest BCUT2D eigenvalue weighted by molar-refractivity contribution is 5.81. The van der Waals surface area contributed by atoms with Crippen LogP contribution in [0.3, 0.4) is 0 Å². The monoisotopic (exact) mass is 427 g/mol. The summed E-state index contributed by atoms with van der Waals surface area (Å²) in [5.41, 5.74) is 4.77. The van der Waals surface area contributed by atoms with E-state index in [1.807, 2.05) is 30.3 Å². The van der Waals surface area contributed by atoms with Crippen molar-refractivity contribution in [2.45, 2.75) is 39.0 Å². The van der Waals surface area contributed by atoms with Gasteiger partial charge in [-0.3, -0.25) is 0 Å². The predicted molar refractivity (Wildman–Crippen MR) is 122 cm³/mol. The molecule has 0 aliphatic carbocycles. The van der Waals surface area contributed by atoms with Crippen molar-refractivity contribution in [1.82, 2.24) is 9.88 Å². The van der Waals surface area contributed by atoms with Crippen molar-refractivity contribution in [1.29, 1.82) is 5.26 Å². The average molecular weight is 428 g/mol. The van der Waals surface area contributed by atoms with E-state index in [1.54, 1.807) is 6.07 Å². The van der Waals surface area contributed by atoms with Crippen LogP contribution >= 0.6 is 0 Å². The van der Waals surface area contributed by atoms with Crippen molar-refractivity contribution < 1.29 is 14.3 Å². The van der Waals surface area contributed by atoms with Crippen LogP contribution in [-0.2, 0) is 0 Å². The fourth-order valence-electron chi connectivity index (χ4n) is 4.00. The SMILES string of the molecule is CC(C)c1cc(C#N)cc2nc(-c3ccc(C#CCC4CCN(C(=O)O)CC4)cc3)oc12. The Bertz CT molecular complexity index is 1230. The van der Waals surface area contributed by atoms with Crippen LogP contribution in [0.5, 0.6) is 0 Å². The molecule has 2 aromatic carbocycles. The largest absolute Gasteiger partial charge is 0.465 e. The number of benzene rings is 2. The first kappa shape index (κ1) is 21.5. The van der Waals surface area contributed by atoms with Crippen molar-refractivity contribution >= 4 is 17.2 Å². The van der Waals surface area contributed by atoms with Crippen LogP contribution in [0.2, 0.25) is 0 Å². The third-order valence-corrected chi connectivity index (χ3v) is 5.91.